The molecule has 0 saturated heterocycles. The van der Waals surface area contributed by atoms with Crippen LogP contribution in [0.4, 0.5) is 4.39 Å². The molecule has 1 aliphatic rings. The Bertz CT molecular complexity index is 657. The van der Waals surface area contributed by atoms with Crippen molar-refractivity contribution in [2.24, 2.45) is 0 Å². The predicted molar refractivity (Wildman–Crippen MR) is 82.8 cm³/mol. The van der Waals surface area contributed by atoms with Crippen LogP contribution in [-0.4, -0.2) is 5.11 Å². The van der Waals surface area contributed by atoms with Crippen molar-refractivity contribution >= 4 is 15.9 Å². The van der Waals surface area contributed by atoms with E-state index in [1.54, 1.807) is 12.1 Å². The molecule has 110 valence electrons. The highest BCUT2D eigenvalue weighted by molar-refractivity contribution is 9.10. The second kappa shape index (κ2) is 6.16. The number of ether oxygens (including phenoxy) is 1. The number of benzene rings is 2. The summed E-state index contributed by atoms with van der Waals surface area (Å²) in [6, 6.07) is 10.7. The molecule has 1 N–H and O–H groups in total. The summed E-state index contributed by atoms with van der Waals surface area (Å²) in [5.41, 5.74) is 3.06. The third kappa shape index (κ3) is 3.27. The zero-order valence-electron chi connectivity index (χ0n) is 11.5. The Labute approximate surface area is 131 Å². The molecule has 0 amide bonds. The third-order valence-electron chi connectivity index (χ3n) is 3.79. The highest BCUT2D eigenvalue weighted by Gasteiger charge is 2.18. The SMILES string of the molecule is O[C@@H]1CCCc2ccc(OCc3ccc(F)c(Br)c3)cc21. The van der Waals surface area contributed by atoms with Gasteiger partial charge in [-0.25, -0.2) is 4.39 Å². The molecule has 0 saturated carbocycles. The molecule has 2 aromatic rings. The number of halogens is 2. The van der Waals surface area contributed by atoms with E-state index in [-0.39, 0.29) is 5.82 Å². The summed E-state index contributed by atoms with van der Waals surface area (Å²) in [5.74, 6) is 0.450. The minimum absolute atomic E-state index is 0.282. The van der Waals surface area contributed by atoms with Crippen LogP contribution in [0.5, 0.6) is 5.75 Å². The van der Waals surface area contributed by atoms with Crippen molar-refractivity contribution in [1.29, 1.82) is 0 Å². The van der Waals surface area contributed by atoms with Gasteiger partial charge in [0.05, 0.1) is 10.6 Å². The van der Waals surface area contributed by atoms with Crippen LogP contribution < -0.4 is 4.74 Å². The molecule has 1 atom stereocenters. The quantitative estimate of drug-likeness (QED) is 0.880. The smallest absolute Gasteiger partial charge is 0.137 e. The molecular weight excluding hydrogens is 335 g/mol. The van der Waals surface area contributed by atoms with E-state index in [9.17, 15) is 9.50 Å². The highest BCUT2D eigenvalue weighted by atomic mass is 79.9. The van der Waals surface area contributed by atoms with E-state index in [1.807, 2.05) is 18.2 Å². The van der Waals surface area contributed by atoms with Gasteiger partial charge in [0.15, 0.2) is 0 Å². The molecule has 0 spiro atoms. The van der Waals surface area contributed by atoms with Crippen molar-refractivity contribution in [3.8, 4) is 5.75 Å². The van der Waals surface area contributed by atoms with E-state index in [0.717, 1.165) is 36.1 Å². The summed E-state index contributed by atoms with van der Waals surface area (Å²) >= 11 is 3.17. The van der Waals surface area contributed by atoms with E-state index in [0.29, 0.717) is 11.1 Å². The zero-order chi connectivity index (χ0) is 14.8. The Kier molecular flexibility index (Phi) is 4.27. The first kappa shape index (κ1) is 14.5. The summed E-state index contributed by atoms with van der Waals surface area (Å²) in [6.07, 6.45) is 2.45. The lowest BCUT2D eigenvalue weighted by Gasteiger charge is -2.22. The van der Waals surface area contributed by atoms with Gasteiger partial charge in [0.25, 0.3) is 0 Å². The molecule has 21 heavy (non-hydrogen) atoms. The standard InChI is InChI=1S/C17H16BrFO2/c18-15-8-11(4-7-16(15)19)10-21-13-6-5-12-2-1-3-17(20)14(12)9-13/h4-9,17,20H,1-3,10H2/t17-/m1/s1. The minimum Gasteiger partial charge on any atom is -0.489 e. The van der Waals surface area contributed by atoms with Crippen molar-refractivity contribution in [1.82, 2.24) is 0 Å². The minimum atomic E-state index is -0.391. The first-order valence-electron chi connectivity index (χ1n) is 7.01. The van der Waals surface area contributed by atoms with Gasteiger partial charge >= 0.3 is 0 Å². The van der Waals surface area contributed by atoms with Gasteiger partial charge in [-0.15, -0.1) is 0 Å². The topological polar surface area (TPSA) is 29.5 Å². The van der Waals surface area contributed by atoms with Gasteiger partial charge in [0.1, 0.15) is 18.2 Å². The van der Waals surface area contributed by atoms with Crippen molar-refractivity contribution < 1.29 is 14.2 Å². The molecule has 0 unspecified atom stereocenters. The van der Waals surface area contributed by atoms with E-state index < -0.39 is 6.10 Å². The molecule has 4 heteroatoms. The normalized spacial score (nSPS) is 17.4. The fraction of sp³-hybridized carbons (Fsp3) is 0.294. The Morgan fingerprint density at radius 2 is 2.10 bits per heavy atom. The Hall–Kier alpha value is -1.39. The molecule has 0 heterocycles. The van der Waals surface area contributed by atoms with Gasteiger partial charge in [-0.05, 0) is 76.1 Å². The summed E-state index contributed by atoms with van der Waals surface area (Å²) < 4.78 is 19.4. The monoisotopic (exact) mass is 350 g/mol. The largest absolute Gasteiger partial charge is 0.489 e. The van der Waals surface area contributed by atoms with Crippen LogP contribution in [0, 0.1) is 5.82 Å². The van der Waals surface area contributed by atoms with E-state index >= 15 is 0 Å². The average molecular weight is 351 g/mol. The number of hydrogen-bond donors (Lipinski definition) is 1. The van der Waals surface area contributed by atoms with E-state index in [1.165, 1.54) is 11.6 Å². The summed E-state index contributed by atoms with van der Waals surface area (Å²) in [6.45, 7) is 0.369. The van der Waals surface area contributed by atoms with Crippen molar-refractivity contribution in [2.75, 3.05) is 0 Å². The number of rotatable bonds is 3. The lowest BCUT2D eigenvalue weighted by Crippen LogP contribution is -2.09. The van der Waals surface area contributed by atoms with Crippen molar-refractivity contribution in [3.05, 3.63) is 63.4 Å². The number of aliphatic hydroxyl groups excluding tert-OH is 1. The van der Waals surface area contributed by atoms with Crippen LogP contribution in [0.1, 0.15) is 35.6 Å². The number of aryl methyl sites for hydroxylation is 1. The van der Waals surface area contributed by atoms with Gasteiger partial charge in [-0.2, -0.15) is 0 Å². The van der Waals surface area contributed by atoms with Crippen LogP contribution in [0.3, 0.4) is 0 Å². The number of aliphatic hydroxyl groups is 1. The van der Waals surface area contributed by atoms with Crippen LogP contribution in [0.25, 0.3) is 0 Å². The summed E-state index contributed by atoms with van der Waals surface area (Å²) in [5, 5.41) is 10.0. The van der Waals surface area contributed by atoms with Gasteiger partial charge in [0.2, 0.25) is 0 Å². The van der Waals surface area contributed by atoms with Gasteiger partial charge in [-0.1, -0.05) is 12.1 Å². The van der Waals surface area contributed by atoms with Gasteiger partial charge in [0, 0.05) is 0 Å². The Morgan fingerprint density at radius 1 is 1.24 bits per heavy atom. The molecule has 0 fully saturated rings. The molecule has 3 rings (SSSR count). The van der Waals surface area contributed by atoms with Crippen LogP contribution >= 0.6 is 15.9 Å². The molecule has 2 aromatic carbocycles. The first-order chi connectivity index (χ1) is 10.1. The maximum Gasteiger partial charge on any atom is 0.137 e. The second-order valence-electron chi connectivity index (χ2n) is 5.31. The molecular formula is C17H16BrFO2. The fourth-order valence-corrected chi connectivity index (χ4v) is 3.06. The lowest BCUT2D eigenvalue weighted by molar-refractivity contribution is 0.156. The number of hydrogen-bond acceptors (Lipinski definition) is 2. The fourth-order valence-electron chi connectivity index (χ4n) is 2.64. The Morgan fingerprint density at radius 3 is 2.90 bits per heavy atom. The zero-order valence-corrected chi connectivity index (χ0v) is 13.1. The van der Waals surface area contributed by atoms with Gasteiger partial charge in [-0.3, -0.25) is 0 Å². The van der Waals surface area contributed by atoms with E-state index in [2.05, 4.69) is 15.9 Å². The number of fused-ring (bicyclic) bond motifs is 1. The summed E-state index contributed by atoms with van der Waals surface area (Å²) in [4.78, 5) is 0. The molecule has 0 bridgehead atoms. The van der Waals surface area contributed by atoms with Crippen LogP contribution in [-0.2, 0) is 13.0 Å². The predicted octanol–water partition coefficient (Wildman–Crippen LogP) is 4.54. The third-order valence-corrected chi connectivity index (χ3v) is 4.40. The van der Waals surface area contributed by atoms with Gasteiger partial charge < -0.3 is 9.84 Å². The molecule has 0 aliphatic heterocycles. The highest BCUT2D eigenvalue weighted by Crippen LogP contribution is 2.32. The second-order valence-corrected chi connectivity index (χ2v) is 6.16. The summed E-state index contributed by atoms with van der Waals surface area (Å²) in [7, 11) is 0. The van der Waals surface area contributed by atoms with Crippen molar-refractivity contribution in [2.45, 2.75) is 32.0 Å². The average Bonchev–Trinajstić information content (AvgIpc) is 2.49. The maximum absolute atomic E-state index is 13.2. The first-order valence-corrected chi connectivity index (χ1v) is 7.80. The van der Waals surface area contributed by atoms with Crippen LogP contribution in [0.2, 0.25) is 0 Å². The van der Waals surface area contributed by atoms with Crippen molar-refractivity contribution in [3.63, 3.8) is 0 Å². The Balaban J connectivity index is 1.73. The lowest BCUT2D eigenvalue weighted by atomic mass is 9.89. The van der Waals surface area contributed by atoms with Crippen LogP contribution in [0.15, 0.2) is 40.9 Å². The molecule has 0 aromatic heterocycles. The molecule has 1 aliphatic carbocycles. The maximum atomic E-state index is 13.2. The van der Waals surface area contributed by atoms with E-state index in [4.69, 9.17) is 4.74 Å². The molecule has 0 radical (unpaired) electrons. The molecule has 2 nitrogen and oxygen atoms in total.